The Kier molecular flexibility index (Phi) is 2.87. The molecule has 0 unspecified atom stereocenters. The minimum Gasteiger partial charge on any atom is -0.299 e. The van der Waals surface area contributed by atoms with E-state index in [4.69, 9.17) is 0 Å². The highest BCUT2D eigenvalue weighted by atomic mass is 16.1. The van der Waals surface area contributed by atoms with Gasteiger partial charge < -0.3 is 0 Å². The van der Waals surface area contributed by atoms with Gasteiger partial charge in [-0.3, -0.25) is 4.79 Å². The Bertz CT molecular complexity index is 149. The largest absolute Gasteiger partial charge is 0.299 e. The molecule has 0 aliphatic heterocycles. The van der Waals surface area contributed by atoms with E-state index < -0.39 is 0 Å². The van der Waals surface area contributed by atoms with Crippen molar-refractivity contribution in [2.45, 2.75) is 48.0 Å². The third kappa shape index (κ3) is 2.64. The van der Waals surface area contributed by atoms with E-state index in [9.17, 15) is 4.79 Å². The molecule has 0 bridgehead atoms. The Morgan fingerprint density at radius 2 is 1.45 bits per heavy atom. The molecule has 0 aliphatic rings. The molecule has 0 saturated carbocycles. The maximum Gasteiger partial charge on any atom is 0.143 e. The van der Waals surface area contributed by atoms with Gasteiger partial charge in [0, 0.05) is 10.8 Å². The highest BCUT2D eigenvalue weighted by molar-refractivity contribution is 5.88. The van der Waals surface area contributed by atoms with Gasteiger partial charge in [-0.05, 0) is 6.42 Å². The number of carbonyl (C=O) groups is 1. The van der Waals surface area contributed by atoms with Crippen LogP contribution in [0.1, 0.15) is 48.0 Å². The summed E-state index contributed by atoms with van der Waals surface area (Å²) in [6, 6.07) is 0. The van der Waals surface area contributed by atoms with Gasteiger partial charge in [0.15, 0.2) is 0 Å². The first-order chi connectivity index (χ1) is 4.72. The second-order valence-corrected chi connectivity index (χ2v) is 4.82. The first kappa shape index (κ1) is 10.7. The maximum atomic E-state index is 11.7. The zero-order chi connectivity index (χ0) is 9.28. The zero-order valence-corrected chi connectivity index (χ0v) is 8.62. The van der Waals surface area contributed by atoms with E-state index >= 15 is 0 Å². The summed E-state index contributed by atoms with van der Waals surface area (Å²) in [5.74, 6) is 0.354. The van der Waals surface area contributed by atoms with Crippen molar-refractivity contribution in [3.8, 4) is 0 Å². The summed E-state index contributed by atoms with van der Waals surface area (Å²) < 4.78 is 0. The molecule has 0 spiro atoms. The summed E-state index contributed by atoms with van der Waals surface area (Å²) >= 11 is 0. The summed E-state index contributed by atoms with van der Waals surface area (Å²) in [4.78, 5) is 11.7. The van der Waals surface area contributed by atoms with Crippen LogP contribution in [0.2, 0.25) is 0 Å². The quantitative estimate of drug-likeness (QED) is 0.600. The van der Waals surface area contributed by atoms with Gasteiger partial charge in [0.2, 0.25) is 0 Å². The first-order valence-electron chi connectivity index (χ1n) is 4.26. The Hall–Kier alpha value is -0.330. The smallest absolute Gasteiger partial charge is 0.143 e. The van der Waals surface area contributed by atoms with Gasteiger partial charge in [0.05, 0.1) is 0 Å². The number of hydrogen-bond donors (Lipinski definition) is 0. The molecule has 0 rings (SSSR count). The zero-order valence-electron chi connectivity index (χ0n) is 8.62. The van der Waals surface area contributed by atoms with E-state index in [2.05, 4.69) is 6.92 Å². The van der Waals surface area contributed by atoms with Crippen LogP contribution in [0, 0.1) is 10.8 Å². The van der Waals surface area contributed by atoms with Crippen molar-refractivity contribution in [1.29, 1.82) is 0 Å². The van der Waals surface area contributed by atoms with Crippen LogP contribution in [0.4, 0.5) is 0 Å². The fourth-order valence-corrected chi connectivity index (χ4v) is 1.18. The lowest BCUT2D eigenvalue weighted by atomic mass is 9.73. The average Bonchev–Trinajstić information content (AvgIpc) is 1.84. The molecule has 0 aromatic rings. The van der Waals surface area contributed by atoms with Gasteiger partial charge in [-0.1, -0.05) is 41.5 Å². The van der Waals surface area contributed by atoms with Crippen molar-refractivity contribution < 1.29 is 4.79 Å². The van der Waals surface area contributed by atoms with E-state index in [-0.39, 0.29) is 10.8 Å². The molecule has 11 heavy (non-hydrogen) atoms. The van der Waals surface area contributed by atoms with Crippen molar-refractivity contribution >= 4 is 5.78 Å². The second-order valence-electron chi connectivity index (χ2n) is 4.82. The Morgan fingerprint density at radius 3 is 1.55 bits per heavy atom. The molecule has 0 radical (unpaired) electrons. The molecule has 0 atom stereocenters. The molecule has 0 N–H and O–H groups in total. The third-order valence-corrected chi connectivity index (χ3v) is 2.18. The van der Waals surface area contributed by atoms with E-state index in [0.29, 0.717) is 5.78 Å². The molecule has 0 amide bonds. The summed E-state index contributed by atoms with van der Waals surface area (Å²) in [6.45, 7) is 12.0. The van der Waals surface area contributed by atoms with Crippen LogP contribution < -0.4 is 0 Å². The number of rotatable bonds is 2. The minimum absolute atomic E-state index is 0.155. The van der Waals surface area contributed by atoms with Crippen LogP contribution >= 0.6 is 0 Å². The van der Waals surface area contributed by atoms with E-state index in [1.807, 2.05) is 34.6 Å². The highest BCUT2D eigenvalue weighted by Crippen LogP contribution is 2.31. The van der Waals surface area contributed by atoms with Crippen LogP contribution in [0.5, 0.6) is 0 Å². The molecule has 0 aromatic heterocycles. The van der Waals surface area contributed by atoms with Crippen molar-refractivity contribution in [3.63, 3.8) is 0 Å². The van der Waals surface area contributed by atoms with Gasteiger partial charge >= 0.3 is 0 Å². The summed E-state index contributed by atoms with van der Waals surface area (Å²) in [6.07, 6.45) is 0.920. The lowest BCUT2D eigenvalue weighted by Gasteiger charge is -2.29. The topological polar surface area (TPSA) is 17.1 Å². The summed E-state index contributed by atoms with van der Waals surface area (Å²) in [7, 11) is 0. The highest BCUT2D eigenvalue weighted by Gasteiger charge is 2.34. The van der Waals surface area contributed by atoms with Gasteiger partial charge in [-0.2, -0.15) is 0 Å². The monoisotopic (exact) mass is 156 g/mol. The lowest BCUT2D eigenvalue weighted by Crippen LogP contribution is -2.34. The normalized spacial score (nSPS) is 13.3. The van der Waals surface area contributed by atoms with Crippen LogP contribution in [-0.4, -0.2) is 5.78 Å². The van der Waals surface area contributed by atoms with E-state index in [0.717, 1.165) is 6.42 Å². The standard InChI is InChI=1S/C10H20O/c1-7-10(5,6)8(11)9(2,3)4/h7H2,1-6H3. The van der Waals surface area contributed by atoms with Crippen molar-refractivity contribution in [2.24, 2.45) is 10.8 Å². The number of ketones is 1. The molecule has 0 aliphatic carbocycles. The molecular formula is C10H20O. The molecule has 0 saturated heterocycles. The van der Waals surface area contributed by atoms with Crippen molar-refractivity contribution in [2.75, 3.05) is 0 Å². The van der Waals surface area contributed by atoms with Crippen LogP contribution in [-0.2, 0) is 4.79 Å². The van der Waals surface area contributed by atoms with Crippen LogP contribution in [0.15, 0.2) is 0 Å². The van der Waals surface area contributed by atoms with E-state index in [1.165, 1.54) is 0 Å². The van der Waals surface area contributed by atoms with Gasteiger partial charge in [-0.25, -0.2) is 0 Å². The van der Waals surface area contributed by atoms with Gasteiger partial charge in [0.25, 0.3) is 0 Å². The fourth-order valence-electron chi connectivity index (χ4n) is 1.18. The second kappa shape index (κ2) is 2.96. The number of Topliss-reactive ketones (excluding diaryl/α,β-unsaturated/α-hetero) is 1. The molecule has 0 fully saturated rings. The molecule has 1 heteroatoms. The van der Waals surface area contributed by atoms with Crippen LogP contribution in [0.3, 0.4) is 0 Å². The third-order valence-electron chi connectivity index (χ3n) is 2.18. The van der Waals surface area contributed by atoms with Gasteiger partial charge in [0.1, 0.15) is 5.78 Å². The molecule has 66 valence electrons. The average molecular weight is 156 g/mol. The molecular weight excluding hydrogens is 136 g/mol. The maximum absolute atomic E-state index is 11.7. The van der Waals surface area contributed by atoms with Crippen LogP contribution in [0.25, 0.3) is 0 Å². The Balaban J connectivity index is 4.50. The predicted octanol–water partition coefficient (Wildman–Crippen LogP) is 3.04. The first-order valence-corrected chi connectivity index (χ1v) is 4.26. The predicted molar refractivity (Wildman–Crippen MR) is 48.5 cm³/mol. The fraction of sp³-hybridized carbons (Fsp3) is 0.900. The molecule has 1 nitrogen and oxygen atoms in total. The van der Waals surface area contributed by atoms with E-state index in [1.54, 1.807) is 0 Å². The molecule has 0 aromatic carbocycles. The SMILES string of the molecule is CCC(C)(C)C(=O)C(C)(C)C. The van der Waals surface area contributed by atoms with Crippen molar-refractivity contribution in [1.82, 2.24) is 0 Å². The minimum atomic E-state index is -0.195. The Labute approximate surface area is 70.2 Å². The number of hydrogen-bond acceptors (Lipinski definition) is 1. The Morgan fingerprint density at radius 1 is 1.09 bits per heavy atom. The summed E-state index contributed by atoms with van der Waals surface area (Å²) in [5.41, 5.74) is -0.349. The lowest BCUT2D eigenvalue weighted by molar-refractivity contribution is -0.135. The number of carbonyl (C=O) groups excluding carboxylic acids is 1. The van der Waals surface area contributed by atoms with Crippen molar-refractivity contribution in [3.05, 3.63) is 0 Å². The molecule has 0 heterocycles. The van der Waals surface area contributed by atoms with Gasteiger partial charge in [-0.15, -0.1) is 0 Å². The summed E-state index contributed by atoms with van der Waals surface area (Å²) in [5, 5.41) is 0.